The molecule has 0 spiro atoms. The topological polar surface area (TPSA) is 46.6 Å². The van der Waals surface area contributed by atoms with Crippen molar-refractivity contribution in [1.82, 2.24) is 4.31 Å². The van der Waals surface area contributed by atoms with Gasteiger partial charge < -0.3 is 0 Å². The third-order valence-electron chi connectivity index (χ3n) is 6.96. The van der Waals surface area contributed by atoms with E-state index in [1.165, 1.54) is 51.8 Å². The summed E-state index contributed by atoms with van der Waals surface area (Å²) in [5.74, 6) is 0.234. The number of sulfonamides is 1. The average Bonchev–Trinajstić information content (AvgIpc) is 3.21. The molecule has 2 atom stereocenters. The molecule has 1 heterocycles. The van der Waals surface area contributed by atoms with Crippen molar-refractivity contribution in [3.63, 3.8) is 0 Å². The second-order valence-electron chi connectivity index (χ2n) is 9.82. The Morgan fingerprint density at radius 2 is 1.45 bits per heavy atom. The van der Waals surface area contributed by atoms with E-state index in [2.05, 4.69) is 34.6 Å². The second kappa shape index (κ2) is 12.4. The van der Waals surface area contributed by atoms with E-state index in [0.717, 1.165) is 5.56 Å². The molecule has 4 nitrogen and oxygen atoms in total. The minimum absolute atomic E-state index is 0.0720. The predicted octanol–water partition coefficient (Wildman–Crippen LogP) is 6.75. The van der Waals surface area contributed by atoms with Gasteiger partial charge in [-0.25, -0.2) is 0 Å². The Bertz CT molecular complexity index is 742. The van der Waals surface area contributed by atoms with Crippen LogP contribution in [0.25, 0.3) is 0 Å². The van der Waals surface area contributed by atoms with E-state index in [1.807, 2.05) is 23.4 Å². The zero-order chi connectivity index (χ0) is 23.1. The zero-order valence-electron chi connectivity index (χ0n) is 20.7. The number of aryl methyl sites for hydroxylation is 1. The van der Waals surface area contributed by atoms with Crippen LogP contribution in [0.5, 0.6) is 0 Å². The van der Waals surface area contributed by atoms with Gasteiger partial charge >= 0.3 is 197 Å². The summed E-state index contributed by atoms with van der Waals surface area (Å²) in [7, 11) is -3.60. The number of benzene rings is 1. The van der Waals surface area contributed by atoms with Gasteiger partial charge in [-0.3, -0.25) is 0 Å². The molecule has 31 heavy (non-hydrogen) atoms. The third-order valence-corrected chi connectivity index (χ3v) is 25.2. The second-order valence-corrected chi connectivity index (χ2v) is 25.1. The summed E-state index contributed by atoms with van der Waals surface area (Å²) in [5.41, 5.74) is 1.08. The van der Waals surface area contributed by atoms with Gasteiger partial charge in [0.2, 0.25) is 0 Å². The maximum atomic E-state index is 14.0. The molecule has 1 fully saturated rings. The van der Waals surface area contributed by atoms with Gasteiger partial charge in [-0.1, -0.05) is 0 Å². The molecule has 0 aromatic heterocycles. The Balaban J connectivity index is 2.56. The molecule has 0 radical (unpaired) electrons. The van der Waals surface area contributed by atoms with E-state index in [4.69, 9.17) is 4.74 Å². The zero-order valence-corrected chi connectivity index (χ0v) is 24.4. The molecule has 6 heteroatoms. The summed E-state index contributed by atoms with van der Waals surface area (Å²) in [6.45, 7) is 13.6. The van der Waals surface area contributed by atoms with Crippen LogP contribution in [0.4, 0.5) is 0 Å². The Morgan fingerprint density at radius 3 is 1.87 bits per heavy atom. The van der Waals surface area contributed by atoms with Crippen molar-refractivity contribution in [2.75, 3.05) is 6.61 Å². The van der Waals surface area contributed by atoms with Crippen molar-refractivity contribution in [2.45, 2.75) is 109 Å². The van der Waals surface area contributed by atoms with Crippen molar-refractivity contribution in [3.8, 4) is 0 Å². The number of hydrogen-bond donors (Lipinski definition) is 0. The monoisotopic (exact) mass is 559 g/mol. The molecular formula is C25H45NO3SSn. The first kappa shape index (κ1) is 27.1. The van der Waals surface area contributed by atoms with E-state index in [-0.39, 0.29) is 16.2 Å². The molecule has 1 aliphatic heterocycles. The molecule has 0 aliphatic carbocycles. The van der Waals surface area contributed by atoms with E-state index in [0.29, 0.717) is 11.5 Å². The van der Waals surface area contributed by atoms with Crippen LogP contribution in [0.2, 0.25) is 13.3 Å². The first-order valence-electron chi connectivity index (χ1n) is 12.4. The Hall–Kier alpha value is -0.111. The van der Waals surface area contributed by atoms with E-state index >= 15 is 0 Å². The molecule has 1 aromatic carbocycles. The maximum absolute atomic E-state index is 14.0. The molecule has 0 amide bonds. The predicted molar refractivity (Wildman–Crippen MR) is 133 cm³/mol. The van der Waals surface area contributed by atoms with Gasteiger partial charge in [0.1, 0.15) is 0 Å². The SMILES string of the molecule is CCC[CH2][Sn]([CH2]CCC)([CH2]CCC)[C@@H]1OC[C@@H](C(C)C)N1S(=O)(=O)c1ccc(C)cc1. The normalized spacial score (nSPS) is 20.6. The fourth-order valence-electron chi connectivity index (χ4n) is 4.91. The van der Waals surface area contributed by atoms with Crippen LogP contribution in [0.1, 0.15) is 78.7 Å². The van der Waals surface area contributed by atoms with Crippen molar-refractivity contribution in [2.24, 2.45) is 5.92 Å². The van der Waals surface area contributed by atoms with Crippen molar-refractivity contribution < 1.29 is 13.2 Å². The summed E-state index contributed by atoms with van der Waals surface area (Å²) < 4.78 is 40.0. The van der Waals surface area contributed by atoms with Crippen LogP contribution in [0.3, 0.4) is 0 Å². The molecule has 0 N–H and O–H groups in total. The Kier molecular flexibility index (Phi) is 10.8. The summed E-state index contributed by atoms with van der Waals surface area (Å²) in [6, 6.07) is 7.30. The van der Waals surface area contributed by atoms with Gasteiger partial charge in [0.15, 0.2) is 0 Å². The van der Waals surface area contributed by atoms with Crippen molar-refractivity contribution >= 4 is 28.4 Å². The van der Waals surface area contributed by atoms with Crippen LogP contribution < -0.4 is 0 Å². The molecule has 0 bridgehead atoms. The number of ether oxygens (including phenoxy) is 1. The molecular weight excluding hydrogens is 513 g/mol. The summed E-state index contributed by atoms with van der Waals surface area (Å²) in [6.07, 6.45) is 7.11. The number of hydrogen-bond acceptors (Lipinski definition) is 3. The first-order valence-corrected chi connectivity index (χ1v) is 21.6. The van der Waals surface area contributed by atoms with Crippen LogP contribution in [0.15, 0.2) is 29.2 Å². The van der Waals surface area contributed by atoms with E-state index < -0.39 is 28.4 Å². The molecule has 1 aromatic rings. The van der Waals surface area contributed by atoms with Gasteiger partial charge in [-0.05, 0) is 0 Å². The Morgan fingerprint density at radius 1 is 0.968 bits per heavy atom. The van der Waals surface area contributed by atoms with Crippen LogP contribution >= 0.6 is 0 Å². The number of unbranched alkanes of at least 4 members (excludes halogenated alkanes) is 3. The van der Waals surface area contributed by atoms with Crippen LogP contribution in [0, 0.1) is 12.8 Å². The van der Waals surface area contributed by atoms with E-state index in [1.54, 1.807) is 12.1 Å². The van der Waals surface area contributed by atoms with Crippen LogP contribution in [-0.2, 0) is 14.8 Å². The fourth-order valence-corrected chi connectivity index (χ4v) is 26.0. The first-order chi connectivity index (χ1) is 14.7. The van der Waals surface area contributed by atoms with Gasteiger partial charge in [-0.15, -0.1) is 0 Å². The summed E-state index contributed by atoms with van der Waals surface area (Å²) in [4.78, 5) is 0.418. The molecule has 2 rings (SSSR count). The summed E-state index contributed by atoms with van der Waals surface area (Å²) in [5, 5.41) is 0. The standard InChI is InChI=1S/C13H18NO3S.3C4H9.Sn/c1-10(2)13-8-17-9-14(13)18(15,16)12-6-4-11(3)5-7-12;3*1-3-4-2;/h4-7,9-10,13H,8H2,1-3H3;3*1,3-4H2,2H3;/t13-;;;;/m0..../s1. The minimum atomic E-state index is -3.60. The molecule has 1 aliphatic rings. The molecule has 1 saturated heterocycles. The van der Waals surface area contributed by atoms with Crippen molar-refractivity contribution in [1.29, 1.82) is 0 Å². The van der Waals surface area contributed by atoms with Crippen LogP contribution in [-0.4, -0.2) is 48.0 Å². The average molecular weight is 558 g/mol. The van der Waals surface area contributed by atoms with Gasteiger partial charge in [-0.2, -0.15) is 0 Å². The van der Waals surface area contributed by atoms with Gasteiger partial charge in [0.25, 0.3) is 0 Å². The van der Waals surface area contributed by atoms with Gasteiger partial charge in [0, 0.05) is 0 Å². The quantitative estimate of drug-likeness (QED) is 0.252. The van der Waals surface area contributed by atoms with Gasteiger partial charge in [0.05, 0.1) is 0 Å². The van der Waals surface area contributed by atoms with E-state index in [9.17, 15) is 8.42 Å². The fraction of sp³-hybridized carbons (Fsp3) is 0.760. The third kappa shape index (κ3) is 6.48. The molecule has 178 valence electrons. The Labute approximate surface area is 196 Å². The number of rotatable bonds is 13. The molecule has 0 unspecified atom stereocenters. The number of nitrogens with zero attached hydrogens (tertiary/aromatic N) is 1. The van der Waals surface area contributed by atoms with Crippen molar-refractivity contribution in [3.05, 3.63) is 29.8 Å². The molecule has 0 saturated carbocycles. The summed E-state index contributed by atoms with van der Waals surface area (Å²) >= 11 is -2.97.